The van der Waals surface area contributed by atoms with E-state index in [1.165, 1.54) is 6.08 Å². The van der Waals surface area contributed by atoms with Gasteiger partial charge in [0.1, 0.15) is 5.31 Å². The van der Waals surface area contributed by atoms with E-state index >= 15 is 0 Å². The summed E-state index contributed by atoms with van der Waals surface area (Å²) < 4.78 is 28.3. The summed E-state index contributed by atoms with van der Waals surface area (Å²) in [6, 6.07) is 6.88. The first kappa shape index (κ1) is 18.9. The lowest BCUT2D eigenvalue weighted by atomic mass is 10.2. The molecular formula is C15H20ClO5P. The molecule has 0 aromatic heterocycles. The molecule has 1 rings (SSSR count). The first-order valence-corrected chi connectivity index (χ1v) is 8.93. The Morgan fingerprint density at radius 1 is 1.14 bits per heavy atom. The molecule has 0 heterocycles. The summed E-state index contributed by atoms with van der Waals surface area (Å²) in [7, 11) is -3.77. The second-order valence-corrected chi connectivity index (χ2v) is 6.50. The number of hydrogen-bond donors (Lipinski definition) is 0. The van der Waals surface area contributed by atoms with Crippen LogP contribution in [-0.2, 0) is 23.1 Å². The van der Waals surface area contributed by atoms with Crippen molar-refractivity contribution in [2.45, 2.75) is 20.8 Å². The summed E-state index contributed by atoms with van der Waals surface area (Å²) in [4.78, 5) is 12.2. The summed E-state index contributed by atoms with van der Waals surface area (Å²) in [6.45, 7) is 5.43. The quantitative estimate of drug-likeness (QED) is 0.393. The van der Waals surface area contributed by atoms with Gasteiger partial charge in [-0.3, -0.25) is 4.57 Å². The largest absolute Gasteiger partial charge is 0.462 e. The zero-order valence-electron chi connectivity index (χ0n) is 12.9. The molecule has 0 saturated heterocycles. The number of esters is 1. The number of hydrogen-bond acceptors (Lipinski definition) is 5. The van der Waals surface area contributed by atoms with Gasteiger partial charge in [0.05, 0.1) is 19.8 Å². The number of halogens is 1. The van der Waals surface area contributed by atoms with Gasteiger partial charge in [-0.15, -0.1) is 0 Å². The highest BCUT2D eigenvalue weighted by atomic mass is 35.5. The Morgan fingerprint density at radius 3 is 2.23 bits per heavy atom. The van der Waals surface area contributed by atoms with Crippen molar-refractivity contribution >= 4 is 31.2 Å². The van der Waals surface area contributed by atoms with Crippen LogP contribution >= 0.6 is 19.2 Å². The third-order valence-electron chi connectivity index (χ3n) is 2.58. The maximum atomic E-state index is 12.9. The topological polar surface area (TPSA) is 61.8 Å². The van der Waals surface area contributed by atoms with Gasteiger partial charge in [0.25, 0.3) is 0 Å². The van der Waals surface area contributed by atoms with Gasteiger partial charge in [-0.25, -0.2) is 4.79 Å². The number of ether oxygens (including phenoxy) is 1. The first-order valence-electron chi connectivity index (χ1n) is 7.01. The molecule has 0 bridgehead atoms. The Bertz CT molecular complexity index is 575. The highest BCUT2D eigenvalue weighted by Crippen LogP contribution is 2.57. The fraction of sp³-hybridized carbons (Fsp3) is 0.400. The van der Waals surface area contributed by atoms with Gasteiger partial charge in [0, 0.05) is 5.02 Å². The molecule has 22 heavy (non-hydrogen) atoms. The molecule has 0 saturated carbocycles. The van der Waals surface area contributed by atoms with Crippen LogP contribution in [0.5, 0.6) is 0 Å². The zero-order valence-corrected chi connectivity index (χ0v) is 14.5. The molecule has 1 aromatic rings. The second kappa shape index (κ2) is 9.11. The molecule has 0 spiro atoms. The minimum Gasteiger partial charge on any atom is -0.462 e. The minimum atomic E-state index is -3.77. The van der Waals surface area contributed by atoms with Gasteiger partial charge in [0.15, 0.2) is 0 Å². The average molecular weight is 347 g/mol. The first-order chi connectivity index (χ1) is 10.5. The Labute approximate surface area is 135 Å². The van der Waals surface area contributed by atoms with Crippen LogP contribution in [0.4, 0.5) is 0 Å². The smallest absolute Gasteiger partial charge is 0.368 e. The predicted octanol–water partition coefficient (Wildman–Crippen LogP) is 4.51. The van der Waals surface area contributed by atoms with E-state index in [2.05, 4.69) is 0 Å². The molecule has 1 aromatic carbocycles. The number of rotatable bonds is 8. The summed E-state index contributed by atoms with van der Waals surface area (Å²) in [5.74, 6) is -0.743. The van der Waals surface area contributed by atoms with Gasteiger partial charge < -0.3 is 13.8 Å². The molecule has 0 N–H and O–H groups in total. The molecule has 0 aliphatic rings. The maximum absolute atomic E-state index is 12.9. The van der Waals surface area contributed by atoms with Crippen molar-refractivity contribution in [1.29, 1.82) is 0 Å². The van der Waals surface area contributed by atoms with Crippen LogP contribution in [0.2, 0.25) is 5.02 Å². The minimum absolute atomic E-state index is 0.135. The Hall–Kier alpha value is -1.13. The third kappa shape index (κ3) is 4.96. The van der Waals surface area contributed by atoms with E-state index in [1.807, 2.05) is 0 Å². The third-order valence-corrected chi connectivity index (χ3v) is 5.02. The van der Waals surface area contributed by atoms with Crippen LogP contribution in [0.15, 0.2) is 29.6 Å². The van der Waals surface area contributed by atoms with Crippen LogP contribution in [-0.4, -0.2) is 25.8 Å². The molecule has 0 fully saturated rings. The summed E-state index contributed by atoms with van der Waals surface area (Å²) in [6.07, 6.45) is 1.40. The second-order valence-electron chi connectivity index (χ2n) is 4.10. The summed E-state index contributed by atoms with van der Waals surface area (Å²) in [5.41, 5.74) is 0.534. The van der Waals surface area contributed by atoms with E-state index in [0.717, 1.165) is 0 Å². The number of carbonyl (C=O) groups is 1. The summed E-state index contributed by atoms with van der Waals surface area (Å²) >= 11 is 6.09. The lowest BCUT2D eigenvalue weighted by molar-refractivity contribution is -0.137. The fourth-order valence-corrected chi connectivity index (χ4v) is 3.52. The van der Waals surface area contributed by atoms with E-state index in [4.69, 9.17) is 25.4 Å². The SMILES string of the molecule is CCOC(=O)/C(=C\c1ccccc1Cl)P(=O)(OCC)OCC. The van der Waals surface area contributed by atoms with Crippen molar-refractivity contribution in [1.82, 2.24) is 0 Å². The van der Waals surface area contributed by atoms with Crippen molar-refractivity contribution in [3.63, 3.8) is 0 Å². The highest BCUT2D eigenvalue weighted by Gasteiger charge is 2.36. The molecule has 0 radical (unpaired) electrons. The van der Waals surface area contributed by atoms with Gasteiger partial charge in [0.2, 0.25) is 0 Å². The summed E-state index contributed by atoms with van der Waals surface area (Å²) in [5, 5.41) is 0.259. The van der Waals surface area contributed by atoms with Crippen molar-refractivity contribution in [2.24, 2.45) is 0 Å². The van der Waals surface area contributed by atoms with Crippen LogP contribution in [0, 0.1) is 0 Å². The molecule has 0 amide bonds. The van der Waals surface area contributed by atoms with Gasteiger partial charge in [-0.2, -0.15) is 0 Å². The zero-order chi connectivity index (χ0) is 16.6. The highest BCUT2D eigenvalue weighted by molar-refractivity contribution is 7.60. The standard InChI is InChI=1S/C15H20ClO5P/c1-4-19-15(17)14(22(18,20-5-2)21-6-3)11-12-9-7-8-10-13(12)16/h7-11H,4-6H2,1-3H3/b14-11+. The molecular weight excluding hydrogens is 327 g/mol. The number of carbonyl (C=O) groups excluding carboxylic acids is 1. The maximum Gasteiger partial charge on any atom is 0.368 e. The molecule has 0 aliphatic heterocycles. The van der Waals surface area contributed by atoms with Crippen LogP contribution in [0.25, 0.3) is 6.08 Å². The normalized spacial score (nSPS) is 12.3. The van der Waals surface area contributed by atoms with Gasteiger partial charge in [-0.05, 0) is 38.5 Å². The lowest BCUT2D eigenvalue weighted by Gasteiger charge is -2.19. The van der Waals surface area contributed by atoms with E-state index in [1.54, 1.807) is 45.0 Å². The molecule has 0 unspecified atom stereocenters. The van der Waals surface area contributed by atoms with Crippen molar-refractivity contribution in [3.05, 3.63) is 40.2 Å². The molecule has 0 aliphatic carbocycles. The van der Waals surface area contributed by atoms with E-state index < -0.39 is 13.6 Å². The van der Waals surface area contributed by atoms with Crippen LogP contribution < -0.4 is 0 Å². The van der Waals surface area contributed by atoms with Crippen molar-refractivity contribution in [3.8, 4) is 0 Å². The molecule has 5 nitrogen and oxygen atoms in total. The fourth-order valence-electron chi connectivity index (χ4n) is 1.71. The molecule has 7 heteroatoms. The molecule has 122 valence electrons. The van der Waals surface area contributed by atoms with Gasteiger partial charge >= 0.3 is 13.6 Å². The van der Waals surface area contributed by atoms with Crippen LogP contribution in [0.3, 0.4) is 0 Å². The number of benzene rings is 1. The Morgan fingerprint density at radius 2 is 1.73 bits per heavy atom. The van der Waals surface area contributed by atoms with E-state index in [0.29, 0.717) is 10.6 Å². The van der Waals surface area contributed by atoms with E-state index in [-0.39, 0.29) is 25.1 Å². The average Bonchev–Trinajstić information content (AvgIpc) is 2.47. The lowest BCUT2D eigenvalue weighted by Crippen LogP contribution is -2.11. The van der Waals surface area contributed by atoms with Crippen molar-refractivity contribution < 1.29 is 23.1 Å². The van der Waals surface area contributed by atoms with Gasteiger partial charge in [-0.1, -0.05) is 29.8 Å². The predicted molar refractivity (Wildman–Crippen MR) is 86.9 cm³/mol. The Kier molecular flexibility index (Phi) is 7.83. The van der Waals surface area contributed by atoms with Crippen molar-refractivity contribution in [2.75, 3.05) is 19.8 Å². The van der Waals surface area contributed by atoms with E-state index in [9.17, 15) is 9.36 Å². The monoisotopic (exact) mass is 346 g/mol. The molecule has 0 atom stereocenters. The Balaban J connectivity index is 3.37. The van der Waals surface area contributed by atoms with Crippen LogP contribution in [0.1, 0.15) is 26.3 Å².